The van der Waals surface area contributed by atoms with Crippen molar-refractivity contribution >= 4 is 11.8 Å². The van der Waals surface area contributed by atoms with Crippen LogP contribution < -0.4 is 5.32 Å². The van der Waals surface area contributed by atoms with Crippen LogP contribution in [-0.2, 0) is 6.42 Å². The van der Waals surface area contributed by atoms with Crippen LogP contribution in [-0.4, -0.2) is 29.1 Å². The molecule has 0 aliphatic carbocycles. The summed E-state index contributed by atoms with van der Waals surface area (Å²) in [6, 6.07) is 4.75. The van der Waals surface area contributed by atoms with Crippen LogP contribution >= 0.6 is 11.8 Å². The van der Waals surface area contributed by atoms with Crippen molar-refractivity contribution in [3.05, 3.63) is 30.1 Å². The van der Waals surface area contributed by atoms with Gasteiger partial charge in [0.25, 0.3) is 0 Å². The molecule has 3 heteroatoms. The minimum Gasteiger partial charge on any atom is -0.316 e. The van der Waals surface area contributed by atoms with Crippen molar-refractivity contribution in [2.24, 2.45) is 0 Å². The number of hydrogen-bond acceptors (Lipinski definition) is 3. The molecule has 0 bridgehead atoms. The van der Waals surface area contributed by atoms with E-state index >= 15 is 0 Å². The van der Waals surface area contributed by atoms with Gasteiger partial charge in [-0.15, -0.1) is 0 Å². The fourth-order valence-electron chi connectivity index (χ4n) is 1.45. The molecule has 0 fully saturated rings. The molecule has 2 atom stereocenters. The summed E-state index contributed by atoms with van der Waals surface area (Å²) in [5, 5.41) is 4.15. The minimum absolute atomic E-state index is 0.557. The molecule has 1 heterocycles. The lowest BCUT2D eigenvalue weighted by molar-refractivity contribution is 0.615. The second-order valence-corrected chi connectivity index (χ2v) is 5.57. The zero-order valence-electron chi connectivity index (χ0n) is 10.4. The standard InChI is InChI=1S/C13H22N2S/c1-4-11(2)16-10-13(14-3)9-12-5-7-15-8-6-12/h5-8,11,13-14H,4,9-10H2,1-3H3. The molecule has 90 valence electrons. The van der Waals surface area contributed by atoms with Gasteiger partial charge in [-0.1, -0.05) is 13.8 Å². The topological polar surface area (TPSA) is 24.9 Å². The fraction of sp³-hybridized carbons (Fsp3) is 0.615. The summed E-state index contributed by atoms with van der Waals surface area (Å²) in [4.78, 5) is 4.04. The van der Waals surface area contributed by atoms with Gasteiger partial charge in [0.05, 0.1) is 0 Å². The predicted molar refractivity (Wildman–Crippen MR) is 73.0 cm³/mol. The molecule has 1 aromatic heterocycles. The molecule has 2 nitrogen and oxygen atoms in total. The monoisotopic (exact) mass is 238 g/mol. The maximum absolute atomic E-state index is 4.04. The Balaban J connectivity index is 2.37. The number of nitrogens with one attached hydrogen (secondary N) is 1. The Morgan fingerprint density at radius 2 is 2.06 bits per heavy atom. The first-order valence-corrected chi connectivity index (χ1v) is 6.98. The SMILES string of the molecule is CCC(C)SCC(Cc1ccncc1)NC. The van der Waals surface area contributed by atoms with E-state index in [9.17, 15) is 0 Å². The molecule has 0 aliphatic heterocycles. The van der Waals surface area contributed by atoms with Crippen LogP contribution in [0.4, 0.5) is 0 Å². The smallest absolute Gasteiger partial charge is 0.0270 e. The summed E-state index contributed by atoms with van der Waals surface area (Å²) in [7, 11) is 2.04. The fourth-order valence-corrected chi connectivity index (χ4v) is 2.53. The third kappa shape index (κ3) is 4.99. The molecule has 1 N–H and O–H groups in total. The normalized spacial score (nSPS) is 14.7. The van der Waals surface area contributed by atoms with Crippen LogP contribution in [0.15, 0.2) is 24.5 Å². The molecule has 0 aliphatic rings. The zero-order valence-corrected chi connectivity index (χ0v) is 11.3. The molecule has 0 radical (unpaired) electrons. The zero-order chi connectivity index (χ0) is 11.8. The highest BCUT2D eigenvalue weighted by molar-refractivity contribution is 7.99. The molecule has 1 aromatic rings. The van der Waals surface area contributed by atoms with Gasteiger partial charge in [-0.2, -0.15) is 11.8 Å². The predicted octanol–water partition coefficient (Wildman–Crippen LogP) is 2.74. The van der Waals surface area contributed by atoms with E-state index in [1.807, 2.05) is 19.4 Å². The van der Waals surface area contributed by atoms with E-state index in [0.717, 1.165) is 11.7 Å². The molecule has 0 saturated carbocycles. The van der Waals surface area contributed by atoms with E-state index in [0.29, 0.717) is 6.04 Å². The lowest BCUT2D eigenvalue weighted by atomic mass is 10.1. The molecular formula is C13H22N2S. The largest absolute Gasteiger partial charge is 0.316 e. The van der Waals surface area contributed by atoms with Gasteiger partial charge in [-0.05, 0) is 37.6 Å². The van der Waals surface area contributed by atoms with Gasteiger partial charge in [0.1, 0.15) is 0 Å². The Hall–Kier alpha value is -0.540. The van der Waals surface area contributed by atoms with Crippen molar-refractivity contribution in [3.8, 4) is 0 Å². The van der Waals surface area contributed by atoms with Gasteiger partial charge >= 0.3 is 0 Å². The van der Waals surface area contributed by atoms with E-state index in [1.54, 1.807) is 0 Å². The highest BCUT2D eigenvalue weighted by atomic mass is 32.2. The van der Waals surface area contributed by atoms with E-state index in [1.165, 1.54) is 17.7 Å². The number of pyridine rings is 1. The van der Waals surface area contributed by atoms with Gasteiger partial charge in [-0.3, -0.25) is 4.98 Å². The van der Waals surface area contributed by atoms with Gasteiger partial charge in [0.2, 0.25) is 0 Å². The summed E-state index contributed by atoms with van der Waals surface area (Å²) >= 11 is 2.05. The van der Waals surface area contributed by atoms with Crippen LogP contribution in [0.3, 0.4) is 0 Å². The quantitative estimate of drug-likeness (QED) is 0.790. The lowest BCUT2D eigenvalue weighted by Gasteiger charge is -2.18. The Morgan fingerprint density at radius 1 is 1.38 bits per heavy atom. The van der Waals surface area contributed by atoms with Gasteiger partial charge in [0, 0.05) is 29.4 Å². The van der Waals surface area contributed by atoms with E-state index in [2.05, 4.69) is 48.0 Å². The van der Waals surface area contributed by atoms with E-state index in [-0.39, 0.29) is 0 Å². The second kappa shape index (κ2) is 7.69. The van der Waals surface area contributed by atoms with Crippen LogP contribution in [0.2, 0.25) is 0 Å². The van der Waals surface area contributed by atoms with Crippen molar-refractivity contribution in [2.45, 2.75) is 38.0 Å². The van der Waals surface area contributed by atoms with Crippen molar-refractivity contribution in [1.82, 2.24) is 10.3 Å². The van der Waals surface area contributed by atoms with Crippen LogP contribution in [0, 0.1) is 0 Å². The first-order chi connectivity index (χ1) is 7.76. The summed E-state index contributed by atoms with van der Waals surface area (Å²) in [5.74, 6) is 1.17. The van der Waals surface area contributed by atoms with Gasteiger partial charge < -0.3 is 5.32 Å². The number of nitrogens with zero attached hydrogens (tertiary/aromatic N) is 1. The van der Waals surface area contributed by atoms with Crippen LogP contribution in [0.25, 0.3) is 0 Å². The molecule has 0 spiro atoms. The first-order valence-electron chi connectivity index (χ1n) is 5.94. The first kappa shape index (κ1) is 13.5. The number of thioether (sulfide) groups is 1. The van der Waals surface area contributed by atoms with Crippen LogP contribution in [0.5, 0.6) is 0 Å². The minimum atomic E-state index is 0.557. The summed E-state index contributed by atoms with van der Waals surface area (Å²) < 4.78 is 0. The number of likely N-dealkylation sites (N-methyl/N-ethyl adjacent to an activating group) is 1. The Bertz CT molecular complexity index is 277. The van der Waals surface area contributed by atoms with Gasteiger partial charge in [0.15, 0.2) is 0 Å². The highest BCUT2D eigenvalue weighted by Crippen LogP contribution is 2.16. The summed E-state index contributed by atoms with van der Waals surface area (Å²) in [6.07, 6.45) is 6.06. The Labute approximate surface area is 103 Å². The Morgan fingerprint density at radius 3 is 2.62 bits per heavy atom. The second-order valence-electron chi connectivity index (χ2n) is 4.10. The molecule has 16 heavy (non-hydrogen) atoms. The molecule has 2 unspecified atom stereocenters. The average molecular weight is 238 g/mol. The third-order valence-corrected chi connectivity index (χ3v) is 4.29. The third-order valence-electron chi connectivity index (χ3n) is 2.80. The van der Waals surface area contributed by atoms with Gasteiger partial charge in [-0.25, -0.2) is 0 Å². The van der Waals surface area contributed by atoms with Crippen molar-refractivity contribution in [1.29, 1.82) is 0 Å². The van der Waals surface area contributed by atoms with E-state index in [4.69, 9.17) is 0 Å². The molecule has 0 aromatic carbocycles. The average Bonchev–Trinajstić information content (AvgIpc) is 2.35. The van der Waals surface area contributed by atoms with Crippen molar-refractivity contribution in [3.63, 3.8) is 0 Å². The molecule has 0 amide bonds. The molecule has 0 saturated heterocycles. The van der Waals surface area contributed by atoms with E-state index < -0.39 is 0 Å². The summed E-state index contributed by atoms with van der Waals surface area (Å²) in [6.45, 7) is 4.54. The molecular weight excluding hydrogens is 216 g/mol. The maximum atomic E-state index is 4.04. The maximum Gasteiger partial charge on any atom is 0.0270 e. The highest BCUT2D eigenvalue weighted by Gasteiger charge is 2.09. The lowest BCUT2D eigenvalue weighted by Crippen LogP contribution is -2.30. The summed E-state index contributed by atoms with van der Waals surface area (Å²) in [5.41, 5.74) is 1.36. The van der Waals surface area contributed by atoms with Crippen molar-refractivity contribution in [2.75, 3.05) is 12.8 Å². The number of rotatable bonds is 7. The van der Waals surface area contributed by atoms with Crippen molar-refractivity contribution < 1.29 is 0 Å². The Kier molecular flexibility index (Phi) is 6.50. The molecule has 1 rings (SSSR count). The number of aromatic nitrogens is 1. The number of hydrogen-bond donors (Lipinski definition) is 1. The van der Waals surface area contributed by atoms with Crippen LogP contribution in [0.1, 0.15) is 25.8 Å².